The molecule has 0 aromatic rings. The average Bonchev–Trinajstić information content (AvgIpc) is 2.95. The van der Waals surface area contributed by atoms with Crippen LogP contribution >= 0.6 is 0 Å². The molecule has 4 rings (SSSR count). The van der Waals surface area contributed by atoms with E-state index in [-0.39, 0.29) is 29.1 Å². The third-order valence-electron chi connectivity index (χ3n) is 9.69. The maximum Gasteiger partial charge on any atom is 0.0724 e. The lowest BCUT2D eigenvalue weighted by Crippen LogP contribution is -2.61. The van der Waals surface area contributed by atoms with Gasteiger partial charge in [-0.25, -0.2) is 0 Å². The lowest BCUT2D eigenvalue weighted by molar-refractivity contribution is -0.187. The predicted octanol–water partition coefficient (Wildman–Crippen LogP) is 3.77. The highest BCUT2D eigenvalue weighted by molar-refractivity contribution is 5.20. The van der Waals surface area contributed by atoms with Crippen LogP contribution in [0.5, 0.6) is 0 Å². The van der Waals surface area contributed by atoms with Gasteiger partial charge in [-0.15, -0.1) is 0 Å². The summed E-state index contributed by atoms with van der Waals surface area (Å²) in [6.07, 6.45) is 9.10. The van der Waals surface area contributed by atoms with Crippen LogP contribution in [0.4, 0.5) is 0 Å². The molecule has 3 saturated carbocycles. The zero-order valence-electron chi connectivity index (χ0n) is 16.9. The second kappa shape index (κ2) is 6.32. The molecule has 0 aromatic carbocycles. The molecule has 3 N–H and O–H groups in total. The molecule has 148 valence electrons. The maximum atomic E-state index is 11.4. The number of rotatable bonds is 2. The fourth-order valence-corrected chi connectivity index (χ4v) is 7.98. The smallest absolute Gasteiger partial charge is 0.0724 e. The molecule has 26 heavy (non-hydrogen) atoms. The molecule has 0 aromatic heterocycles. The SMILES string of the molecule is CC[C@@H](C)[C@H]1CC[C@H]2[C@@H]3[C@H](O)C[C@@H]4C[C@H](O)C=C[C@]4(C)[C@H]3C[C@H](O)[C@]12C. The quantitative estimate of drug-likeness (QED) is 0.655. The van der Waals surface area contributed by atoms with Gasteiger partial charge in [0.25, 0.3) is 0 Å². The summed E-state index contributed by atoms with van der Waals surface area (Å²) in [7, 11) is 0. The summed E-state index contributed by atoms with van der Waals surface area (Å²) in [6, 6.07) is 0. The van der Waals surface area contributed by atoms with Gasteiger partial charge < -0.3 is 15.3 Å². The van der Waals surface area contributed by atoms with Gasteiger partial charge in [0.1, 0.15) is 0 Å². The van der Waals surface area contributed by atoms with Crippen molar-refractivity contribution in [3.05, 3.63) is 12.2 Å². The van der Waals surface area contributed by atoms with Gasteiger partial charge in [0.2, 0.25) is 0 Å². The molecule has 0 unspecified atom stereocenters. The fraction of sp³-hybridized carbons (Fsp3) is 0.913. The lowest BCUT2D eigenvalue weighted by atomic mass is 9.44. The van der Waals surface area contributed by atoms with E-state index in [0.29, 0.717) is 35.5 Å². The van der Waals surface area contributed by atoms with Crippen molar-refractivity contribution in [2.24, 2.45) is 46.3 Å². The Kier molecular flexibility index (Phi) is 4.61. The van der Waals surface area contributed by atoms with E-state index in [0.717, 1.165) is 32.1 Å². The number of hydrogen-bond donors (Lipinski definition) is 3. The third-order valence-corrected chi connectivity index (χ3v) is 9.69. The number of aliphatic hydroxyl groups excluding tert-OH is 3. The van der Waals surface area contributed by atoms with E-state index in [2.05, 4.69) is 33.8 Å². The van der Waals surface area contributed by atoms with Gasteiger partial charge in [-0.3, -0.25) is 0 Å². The van der Waals surface area contributed by atoms with Gasteiger partial charge >= 0.3 is 0 Å². The summed E-state index contributed by atoms with van der Waals surface area (Å²) >= 11 is 0. The van der Waals surface area contributed by atoms with Gasteiger partial charge in [-0.2, -0.15) is 0 Å². The minimum atomic E-state index is -0.378. The van der Waals surface area contributed by atoms with Gasteiger partial charge in [0.05, 0.1) is 18.3 Å². The van der Waals surface area contributed by atoms with Crippen molar-refractivity contribution < 1.29 is 15.3 Å². The summed E-state index contributed by atoms with van der Waals surface area (Å²) in [4.78, 5) is 0. The molecule has 0 saturated heterocycles. The highest BCUT2D eigenvalue weighted by Crippen LogP contribution is 2.67. The van der Waals surface area contributed by atoms with Crippen LogP contribution in [0.3, 0.4) is 0 Å². The molecule has 0 heterocycles. The molecule has 3 fully saturated rings. The molecule has 4 aliphatic rings. The first kappa shape index (κ1) is 19.0. The Morgan fingerprint density at radius 3 is 2.46 bits per heavy atom. The van der Waals surface area contributed by atoms with Crippen molar-refractivity contribution in [1.82, 2.24) is 0 Å². The molecular formula is C23H38O3. The topological polar surface area (TPSA) is 60.7 Å². The second-order valence-corrected chi connectivity index (χ2v) is 10.5. The van der Waals surface area contributed by atoms with E-state index >= 15 is 0 Å². The van der Waals surface area contributed by atoms with Crippen molar-refractivity contribution in [2.75, 3.05) is 0 Å². The van der Waals surface area contributed by atoms with Gasteiger partial charge in [0, 0.05) is 0 Å². The molecule has 3 heteroatoms. The van der Waals surface area contributed by atoms with Gasteiger partial charge in [0.15, 0.2) is 0 Å². The van der Waals surface area contributed by atoms with E-state index in [1.165, 1.54) is 6.42 Å². The van der Waals surface area contributed by atoms with Crippen LogP contribution in [-0.2, 0) is 0 Å². The van der Waals surface area contributed by atoms with Crippen LogP contribution in [0.15, 0.2) is 12.2 Å². The molecule has 0 amide bonds. The number of aliphatic hydroxyl groups is 3. The van der Waals surface area contributed by atoms with Crippen molar-refractivity contribution in [3.8, 4) is 0 Å². The lowest BCUT2D eigenvalue weighted by Gasteiger charge is -2.62. The number of allylic oxidation sites excluding steroid dienone is 1. The standard InChI is InChI=1S/C23H38O3/c1-5-13(2)16-6-7-17-21-18(12-20(26)23(16,17)4)22(3)9-8-15(24)10-14(22)11-19(21)25/h8-9,13-21,24-26H,5-7,10-12H2,1-4H3/t13-,14+,15-,16-,17+,18+,19-,20+,21+,22+,23-/m1/s1. The van der Waals surface area contributed by atoms with Crippen LogP contribution in [0.2, 0.25) is 0 Å². The first-order valence-corrected chi connectivity index (χ1v) is 11.0. The Labute approximate surface area is 158 Å². The monoisotopic (exact) mass is 362 g/mol. The summed E-state index contributed by atoms with van der Waals surface area (Å²) in [5.74, 6) is 2.55. The minimum Gasteiger partial charge on any atom is -0.393 e. The molecule has 11 atom stereocenters. The molecular weight excluding hydrogens is 324 g/mol. The van der Waals surface area contributed by atoms with E-state index in [1.54, 1.807) is 0 Å². The highest BCUT2D eigenvalue weighted by Gasteiger charge is 2.65. The van der Waals surface area contributed by atoms with Crippen molar-refractivity contribution >= 4 is 0 Å². The molecule has 0 radical (unpaired) electrons. The van der Waals surface area contributed by atoms with E-state index in [9.17, 15) is 15.3 Å². The first-order chi connectivity index (χ1) is 12.2. The Balaban J connectivity index is 1.71. The van der Waals surface area contributed by atoms with Crippen LogP contribution in [0.25, 0.3) is 0 Å². The Morgan fingerprint density at radius 2 is 1.77 bits per heavy atom. The van der Waals surface area contributed by atoms with Gasteiger partial charge in [-0.05, 0) is 78.4 Å². The largest absolute Gasteiger partial charge is 0.393 e. The average molecular weight is 363 g/mol. The van der Waals surface area contributed by atoms with Crippen molar-refractivity contribution in [2.45, 2.75) is 84.5 Å². The first-order valence-electron chi connectivity index (χ1n) is 11.0. The Bertz CT molecular complexity index is 574. The summed E-state index contributed by atoms with van der Waals surface area (Å²) in [6.45, 7) is 9.25. The third kappa shape index (κ3) is 2.42. The van der Waals surface area contributed by atoms with Crippen LogP contribution in [0.1, 0.15) is 66.2 Å². The predicted molar refractivity (Wildman–Crippen MR) is 103 cm³/mol. The van der Waals surface area contributed by atoms with Crippen molar-refractivity contribution in [1.29, 1.82) is 0 Å². The van der Waals surface area contributed by atoms with E-state index in [1.807, 2.05) is 6.08 Å². The Hall–Kier alpha value is -0.380. The summed E-state index contributed by atoms with van der Waals surface area (Å²) < 4.78 is 0. The Morgan fingerprint density at radius 1 is 1.04 bits per heavy atom. The van der Waals surface area contributed by atoms with Gasteiger partial charge in [-0.1, -0.05) is 46.3 Å². The second-order valence-electron chi connectivity index (χ2n) is 10.5. The zero-order valence-corrected chi connectivity index (χ0v) is 16.9. The minimum absolute atomic E-state index is 0.000103. The normalized spacial score (nSPS) is 57.2. The molecule has 4 aliphatic carbocycles. The number of fused-ring (bicyclic) bond motifs is 5. The maximum absolute atomic E-state index is 11.4. The number of hydrogen-bond acceptors (Lipinski definition) is 3. The van der Waals surface area contributed by atoms with Crippen LogP contribution in [-0.4, -0.2) is 33.6 Å². The summed E-state index contributed by atoms with van der Waals surface area (Å²) in [5.41, 5.74) is -0.0570. The summed E-state index contributed by atoms with van der Waals surface area (Å²) in [5, 5.41) is 32.7. The zero-order chi connectivity index (χ0) is 18.9. The highest BCUT2D eigenvalue weighted by atomic mass is 16.3. The fourth-order valence-electron chi connectivity index (χ4n) is 7.98. The molecule has 0 aliphatic heterocycles. The van der Waals surface area contributed by atoms with Crippen LogP contribution < -0.4 is 0 Å². The molecule has 0 spiro atoms. The molecule has 3 nitrogen and oxygen atoms in total. The van der Waals surface area contributed by atoms with E-state index in [4.69, 9.17) is 0 Å². The van der Waals surface area contributed by atoms with Crippen LogP contribution in [0, 0.1) is 46.3 Å². The van der Waals surface area contributed by atoms with E-state index < -0.39 is 0 Å². The molecule has 0 bridgehead atoms. The van der Waals surface area contributed by atoms with Crippen molar-refractivity contribution in [3.63, 3.8) is 0 Å².